The van der Waals surface area contributed by atoms with Gasteiger partial charge in [-0.15, -0.1) is 0 Å². The molecule has 120 valence electrons. The summed E-state index contributed by atoms with van der Waals surface area (Å²) in [6, 6.07) is 3.71. The Labute approximate surface area is 128 Å². The van der Waals surface area contributed by atoms with E-state index in [-0.39, 0.29) is 0 Å². The standard InChI is InChI=1S/C16H30N4O/c1-13(2)20-7-6-16(17-20)12-18-10-14(3)19(8-9-21-5)15(4)11-18/h6-7,13-15H,8-12H2,1-5H3/t14-,15-/m0/s1. The van der Waals surface area contributed by atoms with E-state index in [1.54, 1.807) is 7.11 Å². The van der Waals surface area contributed by atoms with Crippen LogP contribution in [0, 0.1) is 0 Å². The van der Waals surface area contributed by atoms with Crippen molar-refractivity contribution in [2.24, 2.45) is 0 Å². The van der Waals surface area contributed by atoms with Crippen LogP contribution in [0.1, 0.15) is 39.4 Å². The number of aromatic nitrogens is 2. The molecule has 5 nitrogen and oxygen atoms in total. The molecule has 1 aromatic heterocycles. The minimum absolute atomic E-state index is 0.433. The molecule has 1 fully saturated rings. The third kappa shape index (κ3) is 4.28. The van der Waals surface area contributed by atoms with Crippen LogP contribution in [0.3, 0.4) is 0 Å². The summed E-state index contributed by atoms with van der Waals surface area (Å²) in [4.78, 5) is 5.07. The third-order valence-electron chi connectivity index (χ3n) is 4.31. The molecular weight excluding hydrogens is 264 g/mol. The highest BCUT2D eigenvalue weighted by molar-refractivity contribution is 5.00. The van der Waals surface area contributed by atoms with Gasteiger partial charge in [0.2, 0.25) is 0 Å². The average Bonchev–Trinajstić information content (AvgIpc) is 2.86. The maximum absolute atomic E-state index is 5.22. The van der Waals surface area contributed by atoms with Gasteiger partial charge in [0.15, 0.2) is 0 Å². The first kappa shape index (κ1) is 16.5. The molecule has 0 N–H and O–H groups in total. The first-order valence-electron chi connectivity index (χ1n) is 8.02. The van der Waals surface area contributed by atoms with E-state index in [0.29, 0.717) is 18.1 Å². The predicted molar refractivity (Wildman–Crippen MR) is 85.4 cm³/mol. The SMILES string of the molecule is COCCN1[C@@H](C)CN(Cc2ccn(C(C)C)n2)C[C@@H]1C. The highest BCUT2D eigenvalue weighted by atomic mass is 16.5. The van der Waals surface area contributed by atoms with Crippen molar-refractivity contribution in [3.8, 4) is 0 Å². The van der Waals surface area contributed by atoms with E-state index >= 15 is 0 Å². The second-order valence-corrected chi connectivity index (χ2v) is 6.50. The number of piperazine rings is 1. The summed E-state index contributed by atoms with van der Waals surface area (Å²) in [5, 5.41) is 4.66. The zero-order valence-corrected chi connectivity index (χ0v) is 14.1. The van der Waals surface area contributed by atoms with Crippen LogP contribution in [0.5, 0.6) is 0 Å². The van der Waals surface area contributed by atoms with Crippen LogP contribution in [-0.2, 0) is 11.3 Å². The van der Waals surface area contributed by atoms with Crippen molar-refractivity contribution in [3.63, 3.8) is 0 Å². The van der Waals surface area contributed by atoms with Crippen LogP contribution in [0.15, 0.2) is 12.3 Å². The summed E-state index contributed by atoms with van der Waals surface area (Å²) >= 11 is 0. The van der Waals surface area contributed by atoms with E-state index in [9.17, 15) is 0 Å². The lowest BCUT2D eigenvalue weighted by atomic mass is 10.1. The van der Waals surface area contributed by atoms with Crippen molar-refractivity contribution >= 4 is 0 Å². The van der Waals surface area contributed by atoms with Crippen molar-refractivity contribution in [2.75, 3.05) is 33.4 Å². The Bertz CT molecular complexity index is 420. The molecule has 2 heterocycles. The normalized spacial score (nSPS) is 24.9. The largest absolute Gasteiger partial charge is 0.383 e. The highest BCUT2D eigenvalue weighted by Gasteiger charge is 2.29. The van der Waals surface area contributed by atoms with E-state index in [1.165, 1.54) is 5.69 Å². The Balaban J connectivity index is 1.91. The Morgan fingerprint density at radius 3 is 2.48 bits per heavy atom. The van der Waals surface area contributed by atoms with E-state index in [4.69, 9.17) is 4.74 Å². The Hall–Kier alpha value is -0.910. The topological polar surface area (TPSA) is 33.5 Å². The number of hydrogen-bond acceptors (Lipinski definition) is 4. The van der Waals surface area contributed by atoms with E-state index in [0.717, 1.165) is 32.8 Å². The second-order valence-electron chi connectivity index (χ2n) is 6.50. The number of rotatable bonds is 6. The molecule has 0 amide bonds. The lowest BCUT2D eigenvalue weighted by molar-refractivity contribution is 0.0173. The van der Waals surface area contributed by atoms with E-state index < -0.39 is 0 Å². The molecule has 0 aromatic carbocycles. The fraction of sp³-hybridized carbons (Fsp3) is 0.812. The molecule has 2 atom stereocenters. The van der Waals surface area contributed by atoms with Crippen molar-refractivity contribution < 1.29 is 4.74 Å². The molecule has 1 aliphatic rings. The smallest absolute Gasteiger partial charge is 0.0764 e. The van der Waals surface area contributed by atoms with Crippen molar-refractivity contribution in [1.82, 2.24) is 19.6 Å². The lowest BCUT2D eigenvalue weighted by Crippen LogP contribution is -2.56. The molecule has 21 heavy (non-hydrogen) atoms. The number of methoxy groups -OCH3 is 1. The minimum atomic E-state index is 0.433. The predicted octanol–water partition coefficient (Wildman–Crippen LogP) is 2.00. The molecule has 1 aromatic rings. The Kier molecular flexibility index (Phi) is 5.79. The summed E-state index contributed by atoms with van der Waals surface area (Å²) in [6.07, 6.45) is 2.09. The summed E-state index contributed by atoms with van der Waals surface area (Å²) in [7, 11) is 1.77. The first-order valence-corrected chi connectivity index (χ1v) is 8.02. The lowest BCUT2D eigenvalue weighted by Gasteiger charge is -2.44. The Morgan fingerprint density at radius 1 is 1.29 bits per heavy atom. The second kappa shape index (κ2) is 7.38. The van der Waals surface area contributed by atoms with Gasteiger partial charge in [0, 0.05) is 57.6 Å². The number of nitrogens with zero attached hydrogens (tertiary/aromatic N) is 4. The van der Waals surface area contributed by atoms with Crippen LogP contribution in [0.25, 0.3) is 0 Å². The maximum atomic E-state index is 5.22. The van der Waals surface area contributed by atoms with Crippen LogP contribution in [0.2, 0.25) is 0 Å². The molecule has 5 heteroatoms. The summed E-state index contributed by atoms with van der Waals surface area (Å²) < 4.78 is 7.26. The van der Waals surface area contributed by atoms with Gasteiger partial charge >= 0.3 is 0 Å². The average molecular weight is 294 g/mol. The van der Waals surface area contributed by atoms with Gasteiger partial charge in [-0.2, -0.15) is 5.10 Å². The zero-order chi connectivity index (χ0) is 15.4. The fourth-order valence-corrected chi connectivity index (χ4v) is 3.21. The summed E-state index contributed by atoms with van der Waals surface area (Å²) in [6.45, 7) is 13.9. The van der Waals surface area contributed by atoms with Gasteiger partial charge in [-0.25, -0.2) is 0 Å². The fourth-order valence-electron chi connectivity index (χ4n) is 3.21. The summed E-state index contributed by atoms with van der Waals surface area (Å²) in [5.74, 6) is 0. The van der Waals surface area contributed by atoms with Gasteiger partial charge in [0.05, 0.1) is 12.3 Å². The van der Waals surface area contributed by atoms with Crippen molar-refractivity contribution in [1.29, 1.82) is 0 Å². The van der Waals surface area contributed by atoms with Crippen LogP contribution in [-0.4, -0.2) is 65.0 Å². The molecule has 0 unspecified atom stereocenters. The first-order chi connectivity index (χ1) is 10.0. The summed E-state index contributed by atoms with van der Waals surface area (Å²) in [5.41, 5.74) is 1.17. The van der Waals surface area contributed by atoms with Crippen molar-refractivity contribution in [3.05, 3.63) is 18.0 Å². The maximum Gasteiger partial charge on any atom is 0.0764 e. The van der Waals surface area contributed by atoms with Crippen LogP contribution in [0.4, 0.5) is 0 Å². The monoisotopic (exact) mass is 294 g/mol. The molecule has 1 saturated heterocycles. The van der Waals surface area contributed by atoms with Gasteiger partial charge in [-0.05, 0) is 33.8 Å². The van der Waals surface area contributed by atoms with Crippen molar-refractivity contribution in [2.45, 2.75) is 52.4 Å². The molecule has 2 rings (SSSR count). The minimum Gasteiger partial charge on any atom is -0.383 e. The van der Waals surface area contributed by atoms with Gasteiger partial charge in [-0.3, -0.25) is 14.5 Å². The highest BCUT2D eigenvalue weighted by Crippen LogP contribution is 2.17. The molecule has 1 aliphatic heterocycles. The van der Waals surface area contributed by atoms with Crippen LogP contribution >= 0.6 is 0 Å². The molecule has 0 radical (unpaired) electrons. The van der Waals surface area contributed by atoms with Gasteiger partial charge in [-0.1, -0.05) is 0 Å². The van der Waals surface area contributed by atoms with Crippen LogP contribution < -0.4 is 0 Å². The van der Waals surface area contributed by atoms with Gasteiger partial charge in [0.25, 0.3) is 0 Å². The van der Waals surface area contributed by atoms with Gasteiger partial charge < -0.3 is 4.74 Å². The number of hydrogen-bond donors (Lipinski definition) is 0. The zero-order valence-electron chi connectivity index (χ0n) is 14.1. The molecule has 0 saturated carbocycles. The Morgan fingerprint density at radius 2 is 1.95 bits per heavy atom. The molecule has 0 bridgehead atoms. The molecular formula is C16H30N4O. The molecule has 0 spiro atoms. The quantitative estimate of drug-likeness (QED) is 0.803. The number of ether oxygens (including phenoxy) is 1. The third-order valence-corrected chi connectivity index (χ3v) is 4.31. The van der Waals surface area contributed by atoms with Gasteiger partial charge in [0.1, 0.15) is 0 Å². The van der Waals surface area contributed by atoms with E-state index in [1.807, 2.05) is 4.68 Å². The molecule has 0 aliphatic carbocycles. The van der Waals surface area contributed by atoms with E-state index in [2.05, 4.69) is 54.9 Å².